The van der Waals surface area contributed by atoms with Crippen LogP contribution in [0.4, 0.5) is 0 Å². The van der Waals surface area contributed by atoms with Crippen molar-refractivity contribution in [1.82, 2.24) is 16.0 Å². The van der Waals surface area contributed by atoms with Crippen molar-refractivity contribution < 1.29 is 0 Å². The third-order valence-corrected chi connectivity index (χ3v) is 2.69. The molecule has 0 aromatic carbocycles. The summed E-state index contributed by atoms with van der Waals surface area (Å²) in [6.45, 7) is 4.15. The lowest BCUT2D eigenvalue weighted by atomic mass is 9.97. The predicted molar refractivity (Wildman–Crippen MR) is 57.6 cm³/mol. The average Bonchev–Trinajstić information content (AvgIpc) is 2.13. The Hall–Kier alpha value is -0.160. The summed E-state index contributed by atoms with van der Waals surface area (Å²) in [7, 11) is 5.79. The molecule has 0 heterocycles. The highest BCUT2D eigenvalue weighted by atomic mass is 15.1. The fraction of sp³-hybridized carbons (Fsp3) is 1.00. The minimum Gasteiger partial charge on any atom is -0.317 e. The van der Waals surface area contributed by atoms with Gasteiger partial charge in [0.1, 0.15) is 0 Å². The van der Waals surface area contributed by atoms with E-state index < -0.39 is 0 Å². The quantitative estimate of drug-likeness (QED) is 0.423. The summed E-state index contributed by atoms with van der Waals surface area (Å²) in [6.07, 6.45) is 1.00. The van der Waals surface area contributed by atoms with E-state index in [-0.39, 0.29) is 11.7 Å². The van der Waals surface area contributed by atoms with Crippen LogP contribution in [-0.2, 0) is 0 Å². The van der Waals surface area contributed by atoms with Crippen molar-refractivity contribution in [2.45, 2.75) is 38.0 Å². The van der Waals surface area contributed by atoms with Gasteiger partial charge in [-0.2, -0.15) is 0 Å². The zero-order valence-electron chi connectivity index (χ0n) is 9.44. The zero-order chi connectivity index (χ0) is 10.5. The van der Waals surface area contributed by atoms with E-state index in [0.717, 1.165) is 6.42 Å². The maximum Gasteiger partial charge on any atom is 0.0788 e. The van der Waals surface area contributed by atoms with Gasteiger partial charge in [-0.15, -0.1) is 0 Å². The van der Waals surface area contributed by atoms with E-state index in [2.05, 4.69) is 22.9 Å². The fourth-order valence-corrected chi connectivity index (χ4v) is 1.31. The van der Waals surface area contributed by atoms with Crippen molar-refractivity contribution in [3.05, 3.63) is 0 Å². The summed E-state index contributed by atoms with van der Waals surface area (Å²) in [4.78, 5) is 0. The van der Waals surface area contributed by atoms with E-state index in [4.69, 9.17) is 5.73 Å². The second-order valence-corrected chi connectivity index (χ2v) is 3.80. The van der Waals surface area contributed by atoms with Crippen LogP contribution in [0.15, 0.2) is 0 Å². The summed E-state index contributed by atoms with van der Waals surface area (Å²) in [6, 6.07) is 0.730. The molecule has 0 radical (unpaired) electrons. The van der Waals surface area contributed by atoms with E-state index in [9.17, 15) is 0 Å². The lowest BCUT2D eigenvalue weighted by Crippen LogP contribution is -2.63. The van der Waals surface area contributed by atoms with E-state index in [1.165, 1.54) is 0 Å². The minimum atomic E-state index is -0.361. The highest BCUT2D eigenvalue weighted by molar-refractivity contribution is 4.90. The second-order valence-electron chi connectivity index (χ2n) is 3.80. The molecular weight excluding hydrogens is 164 g/mol. The molecule has 0 aromatic heterocycles. The molecule has 0 aliphatic heterocycles. The molecule has 13 heavy (non-hydrogen) atoms. The molecule has 0 spiro atoms. The van der Waals surface area contributed by atoms with E-state index >= 15 is 0 Å². The largest absolute Gasteiger partial charge is 0.317 e. The number of hydrogen-bond acceptors (Lipinski definition) is 4. The van der Waals surface area contributed by atoms with Crippen LogP contribution in [0.5, 0.6) is 0 Å². The summed E-state index contributed by atoms with van der Waals surface area (Å²) >= 11 is 0. The Morgan fingerprint density at radius 3 is 2.08 bits per heavy atom. The van der Waals surface area contributed by atoms with Gasteiger partial charge in [0.2, 0.25) is 0 Å². The average molecular weight is 188 g/mol. The number of rotatable bonds is 6. The monoisotopic (exact) mass is 188 g/mol. The fourth-order valence-electron chi connectivity index (χ4n) is 1.31. The van der Waals surface area contributed by atoms with Crippen LogP contribution in [0.2, 0.25) is 0 Å². The molecule has 0 saturated heterocycles. The van der Waals surface area contributed by atoms with Crippen molar-refractivity contribution in [3.8, 4) is 0 Å². The van der Waals surface area contributed by atoms with Crippen molar-refractivity contribution in [2.24, 2.45) is 5.73 Å². The number of nitrogens with two attached hydrogens (primary N) is 1. The molecule has 0 aliphatic rings. The van der Waals surface area contributed by atoms with Gasteiger partial charge >= 0.3 is 0 Å². The number of hydrogen-bond donors (Lipinski definition) is 4. The maximum atomic E-state index is 6.07. The van der Waals surface area contributed by atoms with E-state index in [1.54, 1.807) is 0 Å². The molecule has 0 rings (SSSR count). The molecule has 0 saturated carbocycles. The normalized spacial score (nSPS) is 20.8. The molecule has 4 heteroatoms. The molecule has 80 valence electrons. The molecule has 0 aromatic rings. The SMILES string of the molecule is CNC(C)CC(NC)C(C)(N)NC. The zero-order valence-corrected chi connectivity index (χ0v) is 9.44. The first-order chi connectivity index (χ1) is 5.97. The van der Waals surface area contributed by atoms with Crippen molar-refractivity contribution >= 4 is 0 Å². The molecule has 0 amide bonds. The Morgan fingerprint density at radius 2 is 1.77 bits per heavy atom. The van der Waals surface area contributed by atoms with E-state index in [1.807, 2.05) is 28.1 Å². The van der Waals surface area contributed by atoms with Crippen LogP contribution in [0.1, 0.15) is 20.3 Å². The van der Waals surface area contributed by atoms with Crippen LogP contribution >= 0.6 is 0 Å². The first kappa shape index (κ1) is 12.8. The minimum absolute atomic E-state index is 0.264. The maximum absolute atomic E-state index is 6.07. The number of likely N-dealkylation sites (N-methyl/N-ethyl adjacent to an activating group) is 2. The Labute approximate surface area is 81.6 Å². The Kier molecular flexibility index (Phi) is 5.48. The molecule has 3 atom stereocenters. The lowest BCUT2D eigenvalue weighted by molar-refractivity contribution is 0.259. The van der Waals surface area contributed by atoms with Gasteiger partial charge in [-0.25, -0.2) is 0 Å². The molecule has 5 N–H and O–H groups in total. The Bertz CT molecular complexity index is 136. The molecule has 3 unspecified atom stereocenters. The van der Waals surface area contributed by atoms with Crippen molar-refractivity contribution in [3.63, 3.8) is 0 Å². The molecular formula is C9H24N4. The van der Waals surface area contributed by atoms with Gasteiger partial charge in [-0.3, -0.25) is 0 Å². The van der Waals surface area contributed by atoms with Gasteiger partial charge in [-0.05, 0) is 41.4 Å². The highest BCUT2D eigenvalue weighted by Gasteiger charge is 2.27. The first-order valence-electron chi connectivity index (χ1n) is 4.80. The van der Waals surface area contributed by atoms with Gasteiger partial charge in [0.05, 0.1) is 5.66 Å². The van der Waals surface area contributed by atoms with Crippen LogP contribution in [0, 0.1) is 0 Å². The predicted octanol–water partition coefficient (Wildman–Crippen LogP) is -0.533. The van der Waals surface area contributed by atoms with Crippen molar-refractivity contribution in [2.75, 3.05) is 21.1 Å². The van der Waals surface area contributed by atoms with Crippen LogP contribution < -0.4 is 21.7 Å². The van der Waals surface area contributed by atoms with Gasteiger partial charge in [0, 0.05) is 12.1 Å². The third kappa shape index (κ3) is 4.04. The molecule has 4 nitrogen and oxygen atoms in total. The molecule has 0 aliphatic carbocycles. The van der Waals surface area contributed by atoms with Gasteiger partial charge in [-0.1, -0.05) is 0 Å². The third-order valence-electron chi connectivity index (χ3n) is 2.69. The topological polar surface area (TPSA) is 62.1 Å². The van der Waals surface area contributed by atoms with E-state index in [0.29, 0.717) is 6.04 Å². The summed E-state index contributed by atoms with van der Waals surface area (Å²) in [5.41, 5.74) is 5.71. The van der Waals surface area contributed by atoms with Crippen LogP contribution in [0.25, 0.3) is 0 Å². The summed E-state index contributed by atoms with van der Waals surface area (Å²) < 4.78 is 0. The first-order valence-corrected chi connectivity index (χ1v) is 4.80. The summed E-state index contributed by atoms with van der Waals surface area (Å²) in [5.74, 6) is 0. The standard InChI is InChI=1S/C9H24N4/c1-7(11-3)6-8(12-4)9(2,10)13-5/h7-8,11-13H,6,10H2,1-5H3. The van der Waals surface area contributed by atoms with Gasteiger partial charge in [0.15, 0.2) is 0 Å². The highest BCUT2D eigenvalue weighted by Crippen LogP contribution is 2.08. The van der Waals surface area contributed by atoms with Crippen molar-refractivity contribution in [1.29, 1.82) is 0 Å². The Morgan fingerprint density at radius 1 is 1.23 bits per heavy atom. The number of nitrogens with one attached hydrogen (secondary N) is 3. The molecule has 0 bridgehead atoms. The molecule has 0 fully saturated rings. The van der Waals surface area contributed by atoms with Gasteiger partial charge in [0.25, 0.3) is 0 Å². The lowest BCUT2D eigenvalue weighted by Gasteiger charge is -2.35. The second kappa shape index (κ2) is 5.54. The van der Waals surface area contributed by atoms with Crippen LogP contribution in [0.3, 0.4) is 0 Å². The van der Waals surface area contributed by atoms with Gasteiger partial charge < -0.3 is 21.7 Å². The summed E-state index contributed by atoms with van der Waals surface area (Å²) in [5, 5.41) is 9.54. The van der Waals surface area contributed by atoms with Crippen LogP contribution in [-0.4, -0.2) is 38.9 Å². The Balaban J connectivity index is 4.17. The smallest absolute Gasteiger partial charge is 0.0788 e.